The van der Waals surface area contributed by atoms with Crippen LogP contribution in [0.2, 0.25) is 0 Å². The number of hydrogen-bond donors (Lipinski definition) is 2. The van der Waals surface area contributed by atoms with Crippen molar-refractivity contribution in [2.24, 2.45) is 17.6 Å². The second-order valence-corrected chi connectivity index (χ2v) is 6.37. The van der Waals surface area contributed by atoms with Crippen molar-refractivity contribution in [3.05, 3.63) is 0 Å². The maximum Gasteiger partial charge on any atom is 0.0626 e. The molecule has 3 heteroatoms. The highest BCUT2D eigenvalue weighted by Gasteiger charge is 2.42. The van der Waals surface area contributed by atoms with Crippen LogP contribution in [0.3, 0.4) is 0 Å². The van der Waals surface area contributed by atoms with Crippen LogP contribution in [-0.4, -0.2) is 42.3 Å². The summed E-state index contributed by atoms with van der Waals surface area (Å²) in [5.74, 6) is 1.41. The lowest BCUT2D eigenvalue weighted by Gasteiger charge is -2.34. The summed E-state index contributed by atoms with van der Waals surface area (Å²) in [7, 11) is 2.16. The molecule has 2 fully saturated rings. The third kappa shape index (κ3) is 3.67. The van der Waals surface area contributed by atoms with Crippen LogP contribution in [0.5, 0.6) is 0 Å². The minimum atomic E-state index is -0.344. The fraction of sp³-hybridized carbons (Fsp3) is 1.00. The molecule has 2 aliphatic rings. The number of nitrogens with zero attached hydrogens (tertiary/aromatic N) is 1. The molecule has 0 amide bonds. The van der Waals surface area contributed by atoms with Crippen molar-refractivity contribution in [2.45, 2.75) is 50.5 Å². The van der Waals surface area contributed by atoms with Gasteiger partial charge in [0.05, 0.1) is 12.1 Å². The number of aliphatic hydroxyl groups is 1. The van der Waals surface area contributed by atoms with Gasteiger partial charge in [0, 0.05) is 13.1 Å². The first kappa shape index (κ1) is 13.3. The molecule has 1 atom stereocenters. The largest absolute Gasteiger partial charge is 0.394 e. The fourth-order valence-corrected chi connectivity index (χ4v) is 3.34. The van der Waals surface area contributed by atoms with Gasteiger partial charge < -0.3 is 15.7 Å². The number of aliphatic hydroxyl groups excluding tert-OH is 1. The van der Waals surface area contributed by atoms with Crippen LogP contribution < -0.4 is 5.73 Å². The van der Waals surface area contributed by atoms with Crippen LogP contribution in [0.25, 0.3) is 0 Å². The first-order valence-electron chi connectivity index (χ1n) is 7.22. The lowest BCUT2D eigenvalue weighted by Crippen LogP contribution is -2.54. The minimum absolute atomic E-state index is 0.132. The average Bonchev–Trinajstić information content (AvgIpc) is 3.14. The number of nitrogens with two attached hydrogens (primary N) is 1. The topological polar surface area (TPSA) is 49.5 Å². The number of likely N-dealkylation sites (N-methyl/N-ethyl adjacent to an activating group) is 1. The molecule has 2 rings (SSSR count). The van der Waals surface area contributed by atoms with E-state index in [4.69, 9.17) is 5.73 Å². The molecule has 0 aromatic rings. The predicted molar refractivity (Wildman–Crippen MR) is 70.8 cm³/mol. The standard InChI is InChI=1S/C14H28N2O/c1-16(9-12-5-3-2-4-6-12)10-14(15,11-17)13-7-8-13/h12-13,17H,2-11,15H2,1H3. The van der Waals surface area contributed by atoms with Crippen molar-refractivity contribution in [1.82, 2.24) is 4.90 Å². The van der Waals surface area contributed by atoms with Crippen molar-refractivity contribution >= 4 is 0 Å². The van der Waals surface area contributed by atoms with E-state index in [2.05, 4.69) is 11.9 Å². The van der Waals surface area contributed by atoms with Crippen LogP contribution in [0.15, 0.2) is 0 Å². The van der Waals surface area contributed by atoms with Gasteiger partial charge in [-0.3, -0.25) is 0 Å². The van der Waals surface area contributed by atoms with E-state index in [-0.39, 0.29) is 12.1 Å². The first-order valence-corrected chi connectivity index (χ1v) is 7.22. The minimum Gasteiger partial charge on any atom is -0.394 e. The summed E-state index contributed by atoms with van der Waals surface area (Å²) in [6, 6.07) is 0. The maximum absolute atomic E-state index is 9.50. The van der Waals surface area contributed by atoms with Crippen LogP contribution in [0.4, 0.5) is 0 Å². The van der Waals surface area contributed by atoms with Crippen molar-refractivity contribution in [1.29, 1.82) is 0 Å². The van der Waals surface area contributed by atoms with Gasteiger partial charge in [0.1, 0.15) is 0 Å². The molecule has 17 heavy (non-hydrogen) atoms. The van der Waals surface area contributed by atoms with E-state index < -0.39 is 0 Å². The summed E-state index contributed by atoms with van der Waals surface area (Å²) in [6.45, 7) is 2.14. The second kappa shape index (κ2) is 5.68. The molecule has 3 N–H and O–H groups in total. The van der Waals surface area contributed by atoms with E-state index in [1.807, 2.05) is 0 Å². The molecule has 0 aromatic heterocycles. The van der Waals surface area contributed by atoms with Crippen LogP contribution in [-0.2, 0) is 0 Å². The Hall–Kier alpha value is -0.120. The van der Waals surface area contributed by atoms with E-state index in [1.165, 1.54) is 44.9 Å². The first-order chi connectivity index (χ1) is 8.14. The Morgan fingerprint density at radius 3 is 2.35 bits per heavy atom. The average molecular weight is 240 g/mol. The zero-order valence-corrected chi connectivity index (χ0v) is 11.2. The molecule has 0 saturated heterocycles. The smallest absolute Gasteiger partial charge is 0.0626 e. The normalized spacial score (nSPS) is 26.1. The highest BCUT2D eigenvalue weighted by molar-refractivity contribution is 5.00. The number of rotatable bonds is 6. The summed E-state index contributed by atoms with van der Waals surface area (Å²) in [4.78, 5) is 2.35. The highest BCUT2D eigenvalue weighted by atomic mass is 16.3. The molecule has 0 bridgehead atoms. The van der Waals surface area contributed by atoms with Crippen molar-refractivity contribution in [3.8, 4) is 0 Å². The second-order valence-electron chi connectivity index (χ2n) is 6.37. The zero-order chi connectivity index (χ0) is 12.3. The molecule has 100 valence electrons. The summed E-state index contributed by atoms with van der Waals surface area (Å²) in [5.41, 5.74) is 5.97. The Kier molecular flexibility index (Phi) is 4.45. The van der Waals surface area contributed by atoms with Crippen LogP contribution in [0.1, 0.15) is 44.9 Å². The maximum atomic E-state index is 9.50. The van der Waals surface area contributed by atoms with Gasteiger partial charge in [-0.05, 0) is 44.6 Å². The van der Waals surface area contributed by atoms with Gasteiger partial charge in [-0.2, -0.15) is 0 Å². The van der Waals surface area contributed by atoms with Crippen LogP contribution in [0, 0.1) is 11.8 Å². The fourth-order valence-electron chi connectivity index (χ4n) is 3.34. The Balaban J connectivity index is 1.76. The Labute approximate surface area is 105 Å². The third-order valence-electron chi connectivity index (χ3n) is 4.54. The molecule has 0 aromatic carbocycles. The quantitative estimate of drug-likeness (QED) is 0.741. The SMILES string of the molecule is CN(CC1CCCCC1)CC(N)(CO)C1CC1. The molecule has 0 heterocycles. The molecule has 2 saturated carbocycles. The molecule has 2 aliphatic carbocycles. The van der Waals surface area contributed by atoms with E-state index >= 15 is 0 Å². The number of hydrogen-bond acceptors (Lipinski definition) is 3. The van der Waals surface area contributed by atoms with Gasteiger partial charge in [0.15, 0.2) is 0 Å². The van der Waals surface area contributed by atoms with Gasteiger partial charge in [0.25, 0.3) is 0 Å². The lowest BCUT2D eigenvalue weighted by atomic mass is 9.88. The molecule has 0 radical (unpaired) electrons. The molecule has 0 spiro atoms. The van der Waals surface area contributed by atoms with Crippen molar-refractivity contribution in [2.75, 3.05) is 26.7 Å². The molecule has 3 nitrogen and oxygen atoms in total. The van der Waals surface area contributed by atoms with E-state index in [9.17, 15) is 5.11 Å². The molecular formula is C14H28N2O. The van der Waals surface area contributed by atoms with Gasteiger partial charge >= 0.3 is 0 Å². The molecular weight excluding hydrogens is 212 g/mol. The van der Waals surface area contributed by atoms with Gasteiger partial charge in [0.2, 0.25) is 0 Å². The van der Waals surface area contributed by atoms with E-state index in [0.717, 1.165) is 19.0 Å². The van der Waals surface area contributed by atoms with E-state index in [0.29, 0.717) is 5.92 Å². The van der Waals surface area contributed by atoms with Crippen molar-refractivity contribution in [3.63, 3.8) is 0 Å². The monoisotopic (exact) mass is 240 g/mol. The van der Waals surface area contributed by atoms with Gasteiger partial charge in [-0.1, -0.05) is 19.3 Å². The zero-order valence-electron chi connectivity index (χ0n) is 11.2. The third-order valence-corrected chi connectivity index (χ3v) is 4.54. The summed E-state index contributed by atoms with van der Waals surface area (Å²) >= 11 is 0. The summed E-state index contributed by atoms with van der Waals surface area (Å²) < 4.78 is 0. The Morgan fingerprint density at radius 2 is 1.82 bits per heavy atom. The Morgan fingerprint density at radius 1 is 1.18 bits per heavy atom. The van der Waals surface area contributed by atoms with Gasteiger partial charge in [-0.25, -0.2) is 0 Å². The predicted octanol–water partition coefficient (Wildman–Crippen LogP) is 1.60. The van der Waals surface area contributed by atoms with Crippen molar-refractivity contribution < 1.29 is 5.11 Å². The van der Waals surface area contributed by atoms with E-state index in [1.54, 1.807) is 0 Å². The summed E-state index contributed by atoms with van der Waals surface area (Å²) in [6.07, 6.45) is 9.38. The lowest BCUT2D eigenvalue weighted by molar-refractivity contribution is 0.120. The molecule has 1 unspecified atom stereocenters. The molecule has 0 aliphatic heterocycles. The van der Waals surface area contributed by atoms with Crippen LogP contribution >= 0.6 is 0 Å². The highest BCUT2D eigenvalue weighted by Crippen LogP contribution is 2.38. The van der Waals surface area contributed by atoms with Gasteiger partial charge in [-0.15, -0.1) is 0 Å². The summed E-state index contributed by atoms with van der Waals surface area (Å²) in [5, 5.41) is 9.50. The Bertz CT molecular complexity index is 236.